The third-order valence-corrected chi connectivity index (χ3v) is 3.35. The van der Waals surface area contributed by atoms with Gasteiger partial charge in [-0.3, -0.25) is 9.79 Å². The number of hydrogen-bond acceptors (Lipinski definition) is 4. The van der Waals surface area contributed by atoms with Crippen molar-refractivity contribution in [3.63, 3.8) is 0 Å². The van der Waals surface area contributed by atoms with Gasteiger partial charge in [0.1, 0.15) is 5.75 Å². The SMILES string of the molecule is CCNC(=NCC(C)(C)OC)NCCNC(=O)c1ccc(O)cc1. The Morgan fingerprint density at radius 1 is 1.17 bits per heavy atom. The first-order chi connectivity index (χ1) is 11.4. The van der Waals surface area contributed by atoms with Crippen LogP contribution in [0, 0.1) is 0 Å². The summed E-state index contributed by atoms with van der Waals surface area (Å²) in [4.78, 5) is 16.4. The van der Waals surface area contributed by atoms with Crippen LogP contribution in [0.5, 0.6) is 5.75 Å². The van der Waals surface area contributed by atoms with Gasteiger partial charge >= 0.3 is 0 Å². The first-order valence-electron chi connectivity index (χ1n) is 8.02. The fourth-order valence-electron chi connectivity index (χ4n) is 1.75. The fraction of sp³-hybridized carbons (Fsp3) is 0.529. The molecule has 0 unspecified atom stereocenters. The molecule has 0 bridgehead atoms. The van der Waals surface area contributed by atoms with Crippen LogP contribution in [0.25, 0.3) is 0 Å². The molecule has 1 amide bonds. The number of hydrogen-bond donors (Lipinski definition) is 4. The zero-order valence-electron chi connectivity index (χ0n) is 14.8. The minimum Gasteiger partial charge on any atom is -0.508 e. The minimum atomic E-state index is -0.324. The first kappa shape index (κ1) is 19.8. The molecule has 0 spiro atoms. The fourth-order valence-corrected chi connectivity index (χ4v) is 1.75. The second kappa shape index (κ2) is 9.77. The number of aromatic hydroxyl groups is 1. The number of methoxy groups -OCH3 is 1. The van der Waals surface area contributed by atoms with Crippen molar-refractivity contribution in [3.8, 4) is 5.75 Å². The van der Waals surface area contributed by atoms with Crippen LogP contribution in [-0.2, 0) is 4.74 Å². The van der Waals surface area contributed by atoms with Gasteiger partial charge in [0.25, 0.3) is 5.91 Å². The minimum absolute atomic E-state index is 0.138. The van der Waals surface area contributed by atoms with Gasteiger partial charge in [-0.05, 0) is 45.0 Å². The lowest BCUT2D eigenvalue weighted by Gasteiger charge is -2.21. The van der Waals surface area contributed by atoms with E-state index in [0.717, 1.165) is 6.54 Å². The molecule has 0 heterocycles. The van der Waals surface area contributed by atoms with Gasteiger partial charge in [0.2, 0.25) is 0 Å². The molecule has 0 aromatic heterocycles. The van der Waals surface area contributed by atoms with E-state index in [1.165, 1.54) is 12.1 Å². The van der Waals surface area contributed by atoms with Gasteiger partial charge in [0.05, 0.1) is 12.1 Å². The summed E-state index contributed by atoms with van der Waals surface area (Å²) in [6.45, 7) is 8.21. The van der Waals surface area contributed by atoms with Crippen LogP contribution in [0.15, 0.2) is 29.3 Å². The number of nitrogens with zero attached hydrogens (tertiary/aromatic N) is 1. The third kappa shape index (κ3) is 7.32. The van der Waals surface area contributed by atoms with Crippen LogP contribution in [-0.4, -0.2) is 55.9 Å². The molecular weight excluding hydrogens is 308 g/mol. The first-order valence-corrected chi connectivity index (χ1v) is 8.02. The van der Waals surface area contributed by atoms with Crippen molar-refractivity contribution in [2.75, 3.05) is 33.3 Å². The van der Waals surface area contributed by atoms with Crippen molar-refractivity contribution in [1.82, 2.24) is 16.0 Å². The number of ether oxygens (including phenoxy) is 1. The molecule has 0 aliphatic rings. The lowest BCUT2D eigenvalue weighted by Crippen LogP contribution is -2.42. The van der Waals surface area contributed by atoms with E-state index < -0.39 is 0 Å². The van der Waals surface area contributed by atoms with E-state index in [2.05, 4.69) is 20.9 Å². The van der Waals surface area contributed by atoms with Gasteiger partial charge in [0, 0.05) is 32.3 Å². The molecule has 1 aromatic carbocycles. The zero-order valence-corrected chi connectivity index (χ0v) is 14.8. The molecule has 0 saturated heterocycles. The normalized spacial score (nSPS) is 11.9. The van der Waals surface area contributed by atoms with E-state index in [9.17, 15) is 9.90 Å². The summed E-state index contributed by atoms with van der Waals surface area (Å²) in [6, 6.07) is 6.13. The van der Waals surface area contributed by atoms with Crippen LogP contribution in [0.2, 0.25) is 0 Å². The Morgan fingerprint density at radius 3 is 2.38 bits per heavy atom. The molecule has 4 N–H and O–H groups in total. The summed E-state index contributed by atoms with van der Waals surface area (Å²) in [5, 5.41) is 18.3. The van der Waals surface area contributed by atoms with Crippen molar-refractivity contribution in [3.05, 3.63) is 29.8 Å². The van der Waals surface area contributed by atoms with Crippen LogP contribution >= 0.6 is 0 Å². The summed E-state index contributed by atoms with van der Waals surface area (Å²) >= 11 is 0. The predicted molar refractivity (Wildman–Crippen MR) is 95.5 cm³/mol. The number of benzene rings is 1. The van der Waals surface area contributed by atoms with Crippen LogP contribution in [0.3, 0.4) is 0 Å². The molecule has 0 aliphatic carbocycles. The number of phenolic OH excluding ortho intramolecular Hbond substituents is 1. The van der Waals surface area contributed by atoms with Crippen molar-refractivity contribution in [1.29, 1.82) is 0 Å². The monoisotopic (exact) mass is 336 g/mol. The van der Waals surface area contributed by atoms with Gasteiger partial charge in [-0.15, -0.1) is 0 Å². The van der Waals surface area contributed by atoms with Crippen molar-refractivity contribution in [2.45, 2.75) is 26.4 Å². The number of aliphatic imine (C=N–C) groups is 1. The Morgan fingerprint density at radius 2 is 1.79 bits per heavy atom. The largest absolute Gasteiger partial charge is 0.508 e. The second-order valence-electron chi connectivity index (χ2n) is 5.89. The Hall–Kier alpha value is -2.28. The van der Waals surface area contributed by atoms with Gasteiger partial charge in [-0.25, -0.2) is 0 Å². The Labute approximate surface area is 143 Å². The maximum atomic E-state index is 11.9. The Balaban J connectivity index is 2.41. The van der Waals surface area contributed by atoms with Crippen molar-refractivity contribution >= 4 is 11.9 Å². The topological polar surface area (TPSA) is 95.0 Å². The van der Waals surface area contributed by atoms with E-state index in [4.69, 9.17) is 4.74 Å². The van der Waals surface area contributed by atoms with Crippen molar-refractivity contribution < 1.29 is 14.6 Å². The van der Waals surface area contributed by atoms with E-state index in [0.29, 0.717) is 31.2 Å². The van der Waals surface area contributed by atoms with Gasteiger partial charge in [-0.1, -0.05) is 0 Å². The highest BCUT2D eigenvalue weighted by Gasteiger charge is 2.15. The third-order valence-electron chi connectivity index (χ3n) is 3.35. The molecule has 0 atom stereocenters. The van der Waals surface area contributed by atoms with Gasteiger partial charge in [-0.2, -0.15) is 0 Å². The number of nitrogens with one attached hydrogen (secondary N) is 3. The summed E-state index contributed by atoms with van der Waals surface area (Å²) in [5.74, 6) is 0.638. The van der Waals surface area contributed by atoms with Crippen LogP contribution < -0.4 is 16.0 Å². The molecular formula is C17H28N4O3. The van der Waals surface area contributed by atoms with E-state index in [1.807, 2.05) is 20.8 Å². The van der Waals surface area contributed by atoms with Crippen LogP contribution in [0.1, 0.15) is 31.1 Å². The molecule has 7 heteroatoms. The summed E-state index contributed by atoms with van der Waals surface area (Å²) < 4.78 is 5.34. The molecule has 134 valence electrons. The van der Waals surface area contributed by atoms with Gasteiger partial charge in [0.15, 0.2) is 5.96 Å². The lowest BCUT2D eigenvalue weighted by molar-refractivity contribution is 0.0310. The number of rotatable bonds is 8. The van der Waals surface area contributed by atoms with E-state index >= 15 is 0 Å². The molecule has 24 heavy (non-hydrogen) atoms. The summed E-state index contributed by atoms with van der Waals surface area (Å²) in [7, 11) is 1.66. The second-order valence-corrected chi connectivity index (χ2v) is 5.89. The molecule has 0 radical (unpaired) electrons. The maximum absolute atomic E-state index is 11.9. The molecule has 0 aliphatic heterocycles. The maximum Gasteiger partial charge on any atom is 0.251 e. The average Bonchev–Trinajstić information content (AvgIpc) is 2.57. The van der Waals surface area contributed by atoms with E-state index in [1.54, 1.807) is 19.2 Å². The molecule has 1 aromatic rings. The number of carbonyl (C=O) groups excluding carboxylic acids is 1. The standard InChI is InChI=1S/C17H28N4O3/c1-5-18-16(21-12-17(2,3)24-4)20-11-10-19-15(23)13-6-8-14(22)9-7-13/h6-9,22H,5,10-12H2,1-4H3,(H,19,23)(H2,18,20,21). The van der Waals surface area contributed by atoms with Crippen molar-refractivity contribution in [2.24, 2.45) is 4.99 Å². The van der Waals surface area contributed by atoms with Crippen LogP contribution in [0.4, 0.5) is 0 Å². The lowest BCUT2D eigenvalue weighted by atomic mass is 10.1. The van der Waals surface area contributed by atoms with Gasteiger partial charge < -0.3 is 25.8 Å². The Bertz CT molecular complexity index is 541. The number of guanidine groups is 1. The molecule has 7 nitrogen and oxygen atoms in total. The predicted octanol–water partition coefficient (Wildman–Crippen LogP) is 1.10. The molecule has 0 saturated carbocycles. The zero-order chi connectivity index (χ0) is 18.0. The van der Waals surface area contributed by atoms with E-state index in [-0.39, 0.29) is 17.3 Å². The highest BCUT2D eigenvalue weighted by molar-refractivity contribution is 5.94. The quantitative estimate of drug-likeness (QED) is 0.324. The highest BCUT2D eigenvalue weighted by Crippen LogP contribution is 2.09. The number of phenols is 1. The number of amides is 1. The summed E-state index contributed by atoms with van der Waals surface area (Å²) in [6.07, 6.45) is 0. The molecule has 0 fully saturated rings. The molecule has 1 rings (SSSR count). The smallest absolute Gasteiger partial charge is 0.251 e. The Kier molecular flexibility index (Phi) is 8.05. The number of carbonyl (C=O) groups is 1. The summed E-state index contributed by atoms with van der Waals surface area (Å²) in [5.41, 5.74) is 0.185. The highest BCUT2D eigenvalue weighted by atomic mass is 16.5. The average molecular weight is 336 g/mol.